The van der Waals surface area contributed by atoms with Crippen LogP contribution in [-0.2, 0) is 25.8 Å². The van der Waals surface area contributed by atoms with Crippen LogP contribution in [0.4, 0.5) is 27.6 Å². The average Bonchev–Trinajstić information content (AvgIpc) is 3.29. The van der Waals surface area contributed by atoms with Gasteiger partial charge in [-0.1, -0.05) is 12.1 Å². The van der Waals surface area contributed by atoms with Gasteiger partial charge >= 0.3 is 12.1 Å². The molecule has 1 amide bonds. The highest BCUT2D eigenvalue weighted by Crippen LogP contribution is 2.44. The van der Waals surface area contributed by atoms with Crippen LogP contribution in [0.1, 0.15) is 18.4 Å². The molecule has 1 saturated heterocycles. The number of hydrogen-bond donors (Lipinski definition) is 2. The highest BCUT2D eigenvalue weighted by atomic mass is 32.2. The number of anilines is 1. The van der Waals surface area contributed by atoms with Crippen LogP contribution in [-0.4, -0.2) is 44.6 Å². The molecule has 3 aromatic carbocycles. The molecule has 0 saturated carbocycles. The zero-order chi connectivity index (χ0) is 29.7. The molecule has 1 unspecified atom stereocenters. The number of fused-ring (bicyclic) bond motifs is 1. The van der Waals surface area contributed by atoms with Crippen molar-refractivity contribution in [3.63, 3.8) is 0 Å². The Hall–Kier alpha value is -4.20. The number of hydrogen-bond acceptors (Lipinski definition) is 5. The Kier molecular flexibility index (Phi) is 6.92. The van der Waals surface area contributed by atoms with Gasteiger partial charge in [0.15, 0.2) is 5.41 Å². The SMILES string of the molecule is O=C(O)C1(C[C@H]2CN(S(=O)(=O)c3cccc(C(F)(F)F)c3)c3cc(-c4cc(F)ccc4F)ccc3O2)CCNC1=O. The minimum atomic E-state index is -4.84. The molecule has 216 valence electrons. The van der Waals surface area contributed by atoms with Gasteiger partial charge in [-0.15, -0.1) is 0 Å². The number of carboxylic acid groups (broad SMARTS) is 1. The van der Waals surface area contributed by atoms with Crippen molar-refractivity contribution in [3.05, 3.63) is 77.9 Å². The third-order valence-electron chi connectivity index (χ3n) is 7.14. The minimum Gasteiger partial charge on any atom is -0.486 e. The fourth-order valence-electron chi connectivity index (χ4n) is 5.04. The van der Waals surface area contributed by atoms with Crippen LogP contribution in [0.25, 0.3) is 11.1 Å². The zero-order valence-corrected chi connectivity index (χ0v) is 21.7. The number of nitrogens with zero attached hydrogens (tertiary/aromatic N) is 1. The lowest BCUT2D eigenvalue weighted by Crippen LogP contribution is -2.49. The first-order chi connectivity index (χ1) is 19.2. The highest BCUT2D eigenvalue weighted by Gasteiger charge is 2.52. The van der Waals surface area contributed by atoms with E-state index in [9.17, 15) is 45.1 Å². The number of carbonyl (C=O) groups excluding carboxylic acids is 1. The van der Waals surface area contributed by atoms with Gasteiger partial charge in [-0.05, 0) is 60.5 Å². The predicted molar refractivity (Wildman–Crippen MR) is 134 cm³/mol. The van der Waals surface area contributed by atoms with Crippen LogP contribution in [0, 0.1) is 17.0 Å². The van der Waals surface area contributed by atoms with Crippen molar-refractivity contribution in [1.82, 2.24) is 5.32 Å². The number of amides is 1. The van der Waals surface area contributed by atoms with E-state index in [1.807, 2.05) is 0 Å². The lowest BCUT2D eigenvalue weighted by Gasteiger charge is -2.38. The summed E-state index contributed by atoms with van der Waals surface area (Å²) in [4.78, 5) is 23.9. The fourth-order valence-corrected chi connectivity index (χ4v) is 6.58. The predicted octanol–water partition coefficient (Wildman–Crippen LogP) is 4.59. The van der Waals surface area contributed by atoms with Crippen molar-refractivity contribution in [3.8, 4) is 16.9 Å². The summed E-state index contributed by atoms with van der Waals surface area (Å²) in [6, 6.07) is 9.49. The Morgan fingerprint density at radius 1 is 1.10 bits per heavy atom. The van der Waals surface area contributed by atoms with Crippen LogP contribution in [0.5, 0.6) is 5.75 Å². The first-order valence-electron chi connectivity index (χ1n) is 12.2. The first-order valence-corrected chi connectivity index (χ1v) is 13.6. The van der Waals surface area contributed by atoms with Crippen LogP contribution >= 0.6 is 0 Å². The largest absolute Gasteiger partial charge is 0.486 e. The quantitative estimate of drug-likeness (QED) is 0.318. The van der Waals surface area contributed by atoms with Gasteiger partial charge in [0.2, 0.25) is 5.91 Å². The van der Waals surface area contributed by atoms with Gasteiger partial charge in [0, 0.05) is 18.5 Å². The molecule has 1 fully saturated rings. The van der Waals surface area contributed by atoms with Crippen molar-refractivity contribution < 1.29 is 49.8 Å². The molecule has 2 heterocycles. The van der Waals surface area contributed by atoms with E-state index in [1.165, 1.54) is 18.2 Å². The van der Waals surface area contributed by atoms with E-state index in [2.05, 4.69) is 5.32 Å². The molecule has 2 atom stereocenters. The van der Waals surface area contributed by atoms with E-state index >= 15 is 0 Å². The molecule has 0 spiro atoms. The number of carbonyl (C=O) groups is 2. The van der Waals surface area contributed by atoms with E-state index in [4.69, 9.17) is 4.74 Å². The third-order valence-corrected chi connectivity index (χ3v) is 8.91. The van der Waals surface area contributed by atoms with Crippen LogP contribution in [0.3, 0.4) is 0 Å². The molecular formula is C27H21F5N2O6S. The Labute approximate surface area is 230 Å². The number of rotatable bonds is 6. The number of benzene rings is 3. The second-order valence-electron chi connectivity index (χ2n) is 9.71. The van der Waals surface area contributed by atoms with Gasteiger partial charge in [-0.25, -0.2) is 17.2 Å². The molecule has 3 aromatic rings. The average molecular weight is 597 g/mol. The van der Waals surface area contributed by atoms with Crippen LogP contribution < -0.4 is 14.4 Å². The normalized spacial score (nSPS) is 20.8. The molecule has 0 aliphatic carbocycles. The van der Waals surface area contributed by atoms with Crippen LogP contribution in [0.2, 0.25) is 0 Å². The second kappa shape index (κ2) is 10.0. The van der Waals surface area contributed by atoms with Gasteiger partial charge in [0.05, 0.1) is 22.7 Å². The summed E-state index contributed by atoms with van der Waals surface area (Å²) in [7, 11) is -4.76. The fraction of sp³-hybridized carbons (Fsp3) is 0.259. The monoisotopic (exact) mass is 596 g/mol. The van der Waals surface area contributed by atoms with Crippen molar-refractivity contribution in [2.24, 2.45) is 5.41 Å². The molecule has 2 aliphatic rings. The number of nitrogens with one attached hydrogen (secondary N) is 1. The lowest BCUT2D eigenvalue weighted by molar-refractivity contribution is -0.155. The number of alkyl halides is 3. The number of sulfonamides is 1. The van der Waals surface area contributed by atoms with E-state index in [0.717, 1.165) is 34.6 Å². The smallest absolute Gasteiger partial charge is 0.416 e. The molecule has 8 nitrogen and oxygen atoms in total. The first kappa shape index (κ1) is 28.3. The minimum absolute atomic E-state index is 0.0456. The van der Waals surface area contributed by atoms with Gasteiger partial charge in [0.25, 0.3) is 10.0 Å². The zero-order valence-electron chi connectivity index (χ0n) is 20.9. The summed E-state index contributed by atoms with van der Waals surface area (Å²) in [5.74, 6) is -3.91. The summed E-state index contributed by atoms with van der Waals surface area (Å²) < 4.78 is 103. The molecule has 0 aromatic heterocycles. The third kappa shape index (κ3) is 5.07. The summed E-state index contributed by atoms with van der Waals surface area (Å²) in [6.45, 7) is -0.508. The van der Waals surface area contributed by atoms with Crippen LogP contribution in [0.15, 0.2) is 65.6 Å². The summed E-state index contributed by atoms with van der Waals surface area (Å²) in [6.07, 6.45) is -6.59. The number of carboxylic acids is 1. The molecule has 2 N–H and O–H groups in total. The number of halogens is 5. The van der Waals surface area contributed by atoms with Crippen molar-refractivity contribution in [2.75, 3.05) is 17.4 Å². The molecule has 41 heavy (non-hydrogen) atoms. The maximum absolute atomic E-state index is 14.6. The summed E-state index contributed by atoms with van der Waals surface area (Å²) >= 11 is 0. The van der Waals surface area contributed by atoms with Gasteiger partial charge in [-0.2, -0.15) is 13.2 Å². The molecular weight excluding hydrogens is 575 g/mol. The van der Waals surface area contributed by atoms with Crippen molar-refractivity contribution >= 4 is 27.6 Å². The Morgan fingerprint density at radius 3 is 2.51 bits per heavy atom. The van der Waals surface area contributed by atoms with Gasteiger partial charge in [0.1, 0.15) is 23.5 Å². The molecule has 14 heteroatoms. The van der Waals surface area contributed by atoms with Crippen molar-refractivity contribution in [1.29, 1.82) is 0 Å². The highest BCUT2D eigenvalue weighted by molar-refractivity contribution is 7.92. The summed E-state index contributed by atoms with van der Waals surface area (Å²) in [5, 5.41) is 12.3. The van der Waals surface area contributed by atoms with E-state index < -0.39 is 74.7 Å². The lowest BCUT2D eigenvalue weighted by atomic mass is 9.80. The molecule has 5 rings (SSSR count). The van der Waals surface area contributed by atoms with Gasteiger partial charge < -0.3 is 15.2 Å². The molecule has 0 radical (unpaired) electrons. The maximum Gasteiger partial charge on any atom is 0.416 e. The Morgan fingerprint density at radius 2 is 1.85 bits per heavy atom. The Bertz CT molecular complexity index is 1660. The standard InChI is InChI=1S/C27H21F5N2O6S/c28-17-5-6-21(29)20(12-17)15-4-7-23-22(10-15)34(41(38,39)19-3-1-2-16(11-19)27(30,31)32)14-18(40-23)13-26(25(36)37)8-9-33-24(26)35/h1-7,10-12,18H,8-9,13-14H2,(H,33,35)(H,36,37)/t18-,26?/m0/s1. The van der Waals surface area contributed by atoms with E-state index in [0.29, 0.717) is 12.1 Å². The van der Waals surface area contributed by atoms with Gasteiger partial charge in [-0.3, -0.25) is 13.9 Å². The van der Waals surface area contributed by atoms with Crippen molar-refractivity contribution in [2.45, 2.75) is 30.0 Å². The molecule has 2 aliphatic heterocycles. The van der Waals surface area contributed by atoms with E-state index in [1.54, 1.807) is 0 Å². The number of ether oxygens (including phenoxy) is 1. The second-order valence-corrected chi connectivity index (χ2v) is 11.6. The van der Waals surface area contributed by atoms with E-state index in [-0.39, 0.29) is 35.5 Å². The summed E-state index contributed by atoms with van der Waals surface area (Å²) in [5.41, 5.74) is -3.49. The topological polar surface area (TPSA) is 113 Å². The number of aliphatic carboxylic acids is 1. The molecule has 0 bridgehead atoms. The Balaban J connectivity index is 1.63. The maximum atomic E-state index is 14.6.